The summed E-state index contributed by atoms with van der Waals surface area (Å²) in [6.07, 6.45) is 0.0614. The molecule has 0 aliphatic carbocycles. The van der Waals surface area contributed by atoms with Crippen molar-refractivity contribution < 1.29 is 28.5 Å². The number of amides is 2. The van der Waals surface area contributed by atoms with Gasteiger partial charge in [0.25, 0.3) is 5.91 Å². The maximum atomic E-state index is 12.1. The third-order valence-corrected chi connectivity index (χ3v) is 3.53. The number of benzene rings is 1. The van der Waals surface area contributed by atoms with Crippen LogP contribution >= 0.6 is 0 Å². The molecule has 1 aromatic rings. The number of hydrogen-bond donors (Lipinski definition) is 2. The average Bonchev–Trinajstić information content (AvgIpc) is 2.62. The van der Waals surface area contributed by atoms with Crippen LogP contribution in [0.25, 0.3) is 0 Å². The minimum atomic E-state index is -0.568. The number of carbonyl (C=O) groups is 2. The molecule has 2 N–H and O–H groups in total. The van der Waals surface area contributed by atoms with E-state index in [9.17, 15) is 9.59 Å². The van der Waals surface area contributed by atoms with Crippen molar-refractivity contribution in [3.05, 3.63) is 29.8 Å². The van der Waals surface area contributed by atoms with Gasteiger partial charge in [-0.25, -0.2) is 4.79 Å². The molecule has 0 saturated heterocycles. The molecular weight excluding hydrogens is 364 g/mol. The molecule has 1 unspecified atom stereocenters. The summed E-state index contributed by atoms with van der Waals surface area (Å²) in [5, 5.41) is 5.46. The van der Waals surface area contributed by atoms with E-state index >= 15 is 0 Å². The molecule has 1 aromatic carbocycles. The molecule has 2 amide bonds. The van der Waals surface area contributed by atoms with Gasteiger partial charge in [0.05, 0.1) is 13.2 Å². The average molecular weight is 396 g/mol. The van der Waals surface area contributed by atoms with E-state index in [2.05, 4.69) is 10.6 Å². The maximum absolute atomic E-state index is 12.1. The second-order valence-corrected chi connectivity index (χ2v) is 7.20. The van der Waals surface area contributed by atoms with E-state index in [4.69, 9.17) is 18.9 Å². The zero-order valence-electron chi connectivity index (χ0n) is 17.4. The van der Waals surface area contributed by atoms with Crippen molar-refractivity contribution in [1.29, 1.82) is 0 Å². The van der Waals surface area contributed by atoms with Gasteiger partial charge in [0.2, 0.25) is 0 Å². The Labute approximate surface area is 166 Å². The topological polar surface area (TPSA) is 95.1 Å². The second-order valence-electron chi connectivity index (χ2n) is 7.20. The van der Waals surface area contributed by atoms with Crippen LogP contribution in [0.1, 0.15) is 37.6 Å². The molecule has 0 aliphatic heterocycles. The smallest absolute Gasteiger partial charge is 0.412 e. The molecule has 158 valence electrons. The third kappa shape index (κ3) is 10.2. The summed E-state index contributed by atoms with van der Waals surface area (Å²) >= 11 is 0. The van der Waals surface area contributed by atoms with Gasteiger partial charge in [-0.3, -0.25) is 10.1 Å². The summed E-state index contributed by atoms with van der Waals surface area (Å²) < 4.78 is 20.9. The molecule has 0 saturated carbocycles. The van der Waals surface area contributed by atoms with E-state index in [0.29, 0.717) is 44.0 Å². The number of carbonyl (C=O) groups excluding carboxylic acids is 2. The largest absolute Gasteiger partial charge is 0.444 e. The van der Waals surface area contributed by atoms with Gasteiger partial charge in [-0.05, 0) is 51.5 Å². The quantitative estimate of drug-likeness (QED) is 0.559. The van der Waals surface area contributed by atoms with Crippen LogP contribution in [-0.2, 0) is 18.9 Å². The van der Waals surface area contributed by atoms with Gasteiger partial charge in [-0.2, -0.15) is 0 Å². The number of hydrogen-bond acceptors (Lipinski definition) is 6. The highest BCUT2D eigenvalue weighted by Crippen LogP contribution is 2.13. The molecule has 0 heterocycles. The number of rotatable bonds is 11. The molecule has 0 spiro atoms. The van der Waals surface area contributed by atoms with Gasteiger partial charge in [0, 0.05) is 38.6 Å². The Kier molecular flexibility index (Phi) is 10.5. The summed E-state index contributed by atoms with van der Waals surface area (Å²) in [6, 6.07) is 6.60. The molecule has 1 atom stereocenters. The number of nitrogens with one attached hydrogen (secondary N) is 2. The maximum Gasteiger partial charge on any atom is 0.412 e. The normalized spacial score (nSPS) is 12.3. The zero-order valence-corrected chi connectivity index (χ0v) is 17.4. The molecule has 8 nitrogen and oxygen atoms in total. The lowest BCUT2D eigenvalue weighted by Gasteiger charge is -2.19. The van der Waals surface area contributed by atoms with Gasteiger partial charge in [-0.1, -0.05) is 0 Å². The van der Waals surface area contributed by atoms with Crippen molar-refractivity contribution in [3.63, 3.8) is 0 Å². The minimum absolute atomic E-state index is 0.0904. The van der Waals surface area contributed by atoms with Gasteiger partial charge >= 0.3 is 6.09 Å². The summed E-state index contributed by atoms with van der Waals surface area (Å²) in [7, 11) is 3.23. The van der Waals surface area contributed by atoms with Crippen molar-refractivity contribution >= 4 is 17.7 Å². The highest BCUT2D eigenvalue weighted by molar-refractivity contribution is 5.95. The summed E-state index contributed by atoms with van der Waals surface area (Å²) in [5.74, 6) is -0.182. The Hall–Kier alpha value is -2.16. The fourth-order valence-electron chi connectivity index (χ4n) is 2.19. The standard InChI is InChI=1S/C20H32N2O6/c1-20(2,3)28-19(24)22-16-9-7-15(8-10-16)18(23)21-11-6-12-27-14-17(26-5)13-25-4/h7-10,17H,6,11-14H2,1-5H3,(H,21,23)(H,22,24). The predicted octanol–water partition coefficient (Wildman–Crippen LogP) is 2.83. The van der Waals surface area contributed by atoms with Gasteiger partial charge in [0.1, 0.15) is 11.7 Å². The molecule has 1 rings (SSSR count). The van der Waals surface area contributed by atoms with Crippen LogP contribution in [-0.4, -0.2) is 64.3 Å². The van der Waals surface area contributed by atoms with Crippen LogP contribution in [0.4, 0.5) is 10.5 Å². The van der Waals surface area contributed by atoms with Crippen LogP contribution in [0.3, 0.4) is 0 Å². The van der Waals surface area contributed by atoms with Crippen molar-refractivity contribution in [2.24, 2.45) is 0 Å². The van der Waals surface area contributed by atoms with Crippen LogP contribution in [0.5, 0.6) is 0 Å². The Morgan fingerprint density at radius 1 is 1.07 bits per heavy atom. The third-order valence-electron chi connectivity index (χ3n) is 3.53. The van der Waals surface area contributed by atoms with E-state index in [-0.39, 0.29) is 12.0 Å². The molecular formula is C20H32N2O6. The van der Waals surface area contributed by atoms with Crippen LogP contribution in [0.15, 0.2) is 24.3 Å². The fraction of sp³-hybridized carbons (Fsp3) is 0.600. The Bertz CT molecular complexity index is 598. The number of methoxy groups -OCH3 is 2. The first-order valence-corrected chi connectivity index (χ1v) is 9.23. The van der Waals surface area contributed by atoms with E-state index in [1.165, 1.54) is 0 Å². The van der Waals surface area contributed by atoms with Crippen molar-refractivity contribution in [2.75, 3.05) is 45.9 Å². The van der Waals surface area contributed by atoms with Gasteiger partial charge in [0.15, 0.2) is 0 Å². The fourth-order valence-corrected chi connectivity index (χ4v) is 2.19. The molecule has 0 bridgehead atoms. The highest BCUT2D eigenvalue weighted by atomic mass is 16.6. The lowest BCUT2D eigenvalue weighted by atomic mass is 10.2. The Balaban J connectivity index is 2.29. The van der Waals surface area contributed by atoms with Crippen LogP contribution < -0.4 is 10.6 Å². The SMILES string of the molecule is COCC(COCCCNC(=O)c1ccc(NC(=O)OC(C)(C)C)cc1)OC. The van der Waals surface area contributed by atoms with E-state index < -0.39 is 11.7 Å². The molecule has 8 heteroatoms. The summed E-state index contributed by atoms with van der Waals surface area (Å²) in [5.41, 5.74) is 0.500. The lowest BCUT2D eigenvalue weighted by Crippen LogP contribution is -2.27. The van der Waals surface area contributed by atoms with Crippen LogP contribution in [0.2, 0.25) is 0 Å². The molecule has 0 radical (unpaired) electrons. The zero-order chi connectivity index (χ0) is 21.0. The first-order chi connectivity index (χ1) is 13.2. The van der Waals surface area contributed by atoms with E-state index in [1.54, 1.807) is 59.3 Å². The first-order valence-electron chi connectivity index (χ1n) is 9.23. The Morgan fingerprint density at radius 2 is 1.75 bits per heavy atom. The predicted molar refractivity (Wildman–Crippen MR) is 107 cm³/mol. The number of anilines is 1. The second kappa shape index (κ2) is 12.3. The monoisotopic (exact) mass is 396 g/mol. The molecule has 0 aliphatic rings. The molecule has 0 aromatic heterocycles. The first kappa shape index (κ1) is 23.9. The van der Waals surface area contributed by atoms with Crippen molar-refractivity contribution in [1.82, 2.24) is 5.32 Å². The van der Waals surface area contributed by atoms with E-state index in [1.807, 2.05) is 0 Å². The number of ether oxygens (including phenoxy) is 4. The van der Waals surface area contributed by atoms with Crippen molar-refractivity contribution in [2.45, 2.75) is 38.9 Å². The van der Waals surface area contributed by atoms with Gasteiger partial charge in [-0.15, -0.1) is 0 Å². The van der Waals surface area contributed by atoms with E-state index in [0.717, 1.165) is 0 Å². The molecule has 28 heavy (non-hydrogen) atoms. The minimum Gasteiger partial charge on any atom is -0.444 e. The highest BCUT2D eigenvalue weighted by Gasteiger charge is 2.16. The summed E-state index contributed by atoms with van der Waals surface area (Å²) in [6.45, 7) is 7.32. The van der Waals surface area contributed by atoms with Crippen molar-refractivity contribution in [3.8, 4) is 0 Å². The summed E-state index contributed by atoms with van der Waals surface area (Å²) in [4.78, 5) is 23.9. The molecule has 0 fully saturated rings. The van der Waals surface area contributed by atoms with Crippen LogP contribution in [0, 0.1) is 0 Å². The van der Waals surface area contributed by atoms with Gasteiger partial charge < -0.3 is 24.3 Å². The lowest BCUT2D eigenvalue weighted by molar-refractivity contribution is -0.0305. The Morgan fingerprint density at radius 3 is 2.32 bits per heavy atom.